The maximum absolute atomic E-state index is 5.52. The van der Waals surface area contributed by atoms with Crippen molar-refractivity contribution in [3.05, 3.63) is 0 Å². The second kappa shape index (κ2) is 4.24. The fourth-order valence-corrected chi connectivity index (χ4v) is 1.80. The van der Waals surface area contributed by atoms with E-state index < -0.39 is 0 Å². The van der Waals surface area contributed by atoms with Gasteiger partial charge in [0.05, 0.1) is 0 Å². The Kier molecular flexibility index (Phi) is 3.53. The summed E-state index contributed by atoms with van der Waals surface area (Å²) in [6.45, 7) is 10.1. The maximum Gasteiger partial charge on any atom is 0.160 e. The van der Waals surface area contributed by atoms with Crippen LogP contribution in [0.25, 0.3) is 0 Å². The summed E-state index contributed by atoms with van der Waals surface area (Å²) < 4.78 is 11.0. The molecule has 1 fully saturated rings. The van der Waals surface area contributed by atoms with Gasteiger partial charge in [0, 0.05) is 19.1 Å². The number of ether oxygens (including phenoxy) is 2. The molecule has 0 aromatic rings. The summed E-state index contributed by atoms with van der Waals surface area (Å²) >= 11 is 0. The summed E-state index contributed by atoms with van der Waals surface area (Å²) in [7, 11) is 0. The van der Waals surface area contributed by atoms with Gasteiger partial charge in [0.1, 0.15) is 0 Å². The van der Waals surface area contributed by atoms with Gasteiger partial charge in [-0.1, -0.05) is 13.8 Å². The van der Waals surface area contributed by atoms with Crippen LogP contribution in [0.1, 0.15) is 27.7 Å². The van der Waals surface area contributed by atoms with Crippen LogP contribution in [-0.4, -0.2) is 19.5 Å². The molecule has 12 heavy (non-hydrogen) atoms. The molecule has 1 saturated carbocycles. The van der Waals surface area contributed by atoms with E-state index in [1.54, 1.807) is 0 Å². The molecule has 0 aliphatic heterocycles. The molecule has 0 aromatic heterocycles. The molecule has 72 valence electrons. The van der Waals surface area contributed by atoms with Crippen LogP contribution in [0.3, 0.4) is 0 Å². The van der Waals surface area contributed by atoms with Crippen LogP contribution >= 0.6 is 0 Å². The number of rotatable bonds is 5. The Morgan fingerprint density at radius 1 is 1.00 bits per heavy atom. The highest BCUT2D eigenvalue weighted by atomic mass is 16.7. The van der Waals surface area contributed by atoms with Crippen molar-refractivity contribution in [1.82, 2.24) is 0 Å². The van der Waals surface area contributed by atoms with Gasteiger partial charge in [0.2, 0.25) is 0 Å². The molecule has 0 aromatic carbocycles. The van der Waals surface area contributed by atoms with Crippen molar-refractivity contribution in [2.45, 2.75) is 34.0 Å². The molecule has 1 aliphatic rings. The van der Waals surface area contributed by atoms with Gasteiger partial charge in [0.15, 0.2) is 6.29 Å². The van der Waals surface area contributed by atoms with Gasteiger partial charge in [-0.15, -0.1) is 0 Å². The average Bonchev–Trinajstić information content (AvgIpc) is 2.60. The topological polar surface area (TPSA) is 18.5 Å². The summed E-state index contributed by atoms with van der Waals surface area (Å²) in [5, 5.41) is 0. The molecule has 2 nitrogen and oxygen atoms in total. The van der Waals surface area contributed by atoms with E-state index >= 15 is 0 Å². The third-order valence-electron chi connectivity index (χ3n) is 2.88. The number of hydrogen-bond donors (Lipinski definition) is 0. The van der Waals surface area contributed by atoms with Crippen molar-refractivity contribution in [2.75, 3.05) is 13.2 Å². The maximum atomic E-state index is 5.52. The average molecular weight is 172 g/mol. The van der Waals surface area contributed by atoms with Crippen LogP contribution < -0.4 is 0 Å². The van der Waals surface area contributed by atoms with E-state index in [4.69, 9.17) is 9.47 Å². The Bertz CT molecular complexity index is 122. The molecular weight excluding hydrogens is 152 g/mol. The minimum Gasteiger partial charge on any atom is -0.353 e. The third kappa shape index (κ3) is 1.99. The molecule has 0 N–H and O–H groups in total. The zero-order valence-electron chi connectivity index (χ0n) is 8.54. The smallest absolute Gasteiger partial charge is 0.160 e. The zero-order valence-corrected chi connectivity index (χ0v) is 8.54. The van der Waals surface area contributed by atoms with Crippen LogP contribution in [-0.2, 0) is 9.47 Å². The molecule has 2 atom stereocenters. The minimum atomic E-state index is 0.0463. The first-order valence-corrected chi connectivity index (χ1v) is 4.95. The predicted molar refractivity (Wildman–Crippen MR) is 48.9 cm³/mol. The highest BCUT2D eigenvalue weighted by Crippen LogP contribution is 2.48. The molecule has 0 saturated heterocycles. The quantitative estimate of drug-likeness (QED) is 0.592. The van der Waals surface area contributed by atoms with Crippen LogP contribution in [0, 0.1) is 17.8 Å². The molecule has 0 bridgehead atoms. The highest BCUT2D eigenvalue weighted by molar-refractivity contribution is 4.93. The zero-order chi connectivity index (χ0) is 9.14. The fraction of sp³-hybridized carbons (Fsp3) is 1.00. The lowest BCUT2D eigenvalue weighted by atomic mass is 10.3. The van der Waals surface area contributed by atoms with E-state index in [1.165, 1.54) is 0 Å². The van der Waals surface area contributed by atoms with Gasteiger partial charge < -0.3 is 9.47 Å². The molecule has 2 unspecified atom stereocenters. The summed E-state index contributed by atoms with van der Waals surface area (Å²) in [5.74, 6) is 2.17. The van der Waals surface area contributed by atoms with E-state index in [1.807, 2.05) is 13.8 Å². The standard InChI is InChI=1S/C10H20O2/c1-5-11-10(12-6-2)9-7(3)8(9)4/h7-10H,5-6H2,1-4H3. The Balaban J connectivity index is 2.33. The van der Waals surface area contributed by atoms with Crippen molar-refractivity contribution in [3.63, 3.8) is 0 Å². The van der Waals surface area contributed by atoms with Gasteiger partial charge in [-0.2, -0.15) is 0 Å². The summed E-state index contributed by atoms with van der Waals surface area (Å²) in [6.07, 6.45) is 0.0463. The first-order valence-electron chi connectivity index (χ1n) is 4.95. The van der Waals surface area contributed by atoms with E-state index in [0.717, 1.165) is 25.0 Å². The molecule has 1 aliphatic carbocycles. The van der Waals surface area contributed by atoms with Crippen molar-refractivity contribution in [2.24, 2.45) is 17.8 Å². The first kappa shape index (κ1) is 10.0. The van der Waals surface area contributed by atoms with Gasteiger partial charge in [-0.25, -0.2) is 0 Å². The normalized spacial score (nSPS) is 34.2. The summed E-state index contributed by atoms with van der Waals surface area (Å²) in [6, 6.07) is 0. The van der Waals surface area contributed by atoms with E-state index in [0.29, 0.717) is 5.92 Å². The molecular formula is C10H20O2. The lowest BCUT2D eigenvalue weighted by Crippen LogP contribution is -2.21. The lowest BCUT2D eigenvalue weighted by molar-refractivity contribution is -0.152. The molecule has 0 radical (unpaired) electrons. The van der Waals surface area contributed by atoms with Crippen molar-refractivity contribution in [1.29, 1.82) is 0 Å². The van der Waals surface area contributed by atoms with E-state index in [-0.39, 0.29) is 6.29 Å². The SMILES string of the molecule is CCOC(OCC)C1C(C)C1C. The van der Waals surface area contributed by atoms with Crippen molar-refractivity contribution >= 4 is 0 Å². The van der Waals surface area contributed by atoms with Gasteiger partial charge >= 0.3 is 0 Å². The number of hydrogen-bond acceptors (Lipinski definition) is 2. The van der Waals surface area contributed by atoms with Crippen LogP contribution in [0.15, 0.2) is 0 Å². The molecule has 1 rings (SSSR count). The molecule has 0 spiro atoms. The third-order valence-corrected chi connectivity index (χ3v) is 2.88. The van der Waals surface area contributed by atoms with E-state index in [9.17, 15) is 0 Å². The van der Waals surface area contributed by atoms with Crippen LogP contribution in [0.2, 0.25) is 0 Å². The minimum absolute atomic E-state index is 0.0463. The highest BCUT2D eigenvalue weighted by Gasteiger charge is 2.49. The molecule has 0 amide bonds. The largest absolute Gasteiger partial charge is 0.353 e. The van der Waals surface area contributed by atoms with Gasteiger partial charge in [-0.05, 0) is 25.7 Å². The van der Waals surface area contributed by atoms with Crippen molar-refractivity contribution < 1.29 is 9.47 Å². The lowest BCUT2D eigenvalue weighted by Gasteiger charge is -2.16. The summed E-state index contributed by atoms with van der Waals surface area (Å²) in [4.78, 5) is 0. The second-order valence-electron chi connectivity index (χ2n) is 3.57. The fourth-order valence-electron chi connectivity index (χ4n) is 1.80. The Labute approximate surface area is 75.2 Å². The molecule has 0 heterocycles. The van der Waals surface area contributed by atoms with E-state index in [2.05, 4.69) is 13.8 Å². The monoisotopic (exact) mass is 172 g/mol. The Morgan fingerprint density at radius 2 is 1.42 bits per heavy atom. The van der Waals surface area contributed by atoms with Crippen molar-refractivity contribution in [3.8, 4) is 0 Å². The second-order valence-corrected chi connectivity index (χ2v) is 3.57. The predicted octanol–water partition coefficient (Wildman–Crippen LogP) is 2.29. The van der Waals surface area contributed by atoms with Gasteiger partial charge in [0.25, 0.3) is 0 Å². The first-order chi connectivity index (χ1) is 5.72. The summed E-state index contributed by atoms with van der Waals surface area (Å²) in [5.41, 5.74) is 0. The Hall–Kier alpha value is -0.0800. The molecule has 2 heteroatoms. The van der Waals surface area contributed by atoms with Crippen LogP contribution in [0.4, 0.5) is 0 Å². The van der Waals surface area contributed by atoms with Gasteiger partial charge in [-0.3, -0.25) is 0 Å². The van der Waals surface area contributed by atoms with Crippen LogP contribution in [0.5, 0.6) is 0 Å². The Morgan fingerprint density at radius 3 is 1.67 bits per heavy atom.